The molecule has 1 aliphatic rings. The Morgan fingerprint density at radius 3 is 2.52 bits per heavy atom. The third-order valence-corrected chi connectivity index (χ3v) is 5.70. The number of nitrogens with zero attached hydrogens (tertiary/aromatic N) is 3. The summed E-state index contributed by atoms with van der Waals surface area (Å²) in [5, 5.41) is 4.92. The summed E-state index contributed by atoms with van der Waals surface area (Å²) >= 11 is 1.45. The molecule has 0 unspecified atom stereocenters. The zero-order valence-corrected chi connectivity index (χ0v) is 16.1. The monoisotopic (exact) mass is 378 g/mol. The van der Waals surface area contributed by atoms with Crippen molar-refractivity contribution in [1.82, 2.24) is 9.88 Å². The average molecular weight is 379 g/mol. The molecule has 0 radical (unpaired) electrons. The van der Waals surface area contributed by atoms with Gasteiger partial charge in [-0.2, -0.15) is 0 Å². The number of amides is 1. The van der Waals surface area contributed by atoms with Crippen LogP contribution in [0.1, 0.15) is 9.67 Å². The molecule has 0 saturated carbocycles. The van der Waals surface area contributed by atoms with Crippen molar-refractivity contribution in [1.29, 1.82) is 0 Å². The van der Waals surface area contributed by atoms with Crippen molar-refractivity contribution in [2.75, 3.05) is 43.4 Å². The van der Waals surface area contributed by atoms with Gasteiger partial charge in [-0.3, -0.25) is 4.79 Å². The summed E-state index contributed by atoms with van der Waals surface area (Å²) < 4.78 is 0. The summed E-state index contributed by atoms with van der Waals surface area (Å²) in [5.74, 6) is 0.861. The molecule has 0 bridgehead atoms. The van der Waals surface area contributed by atoms with Gasteiger partial charge in [0.15, 0.2) is 0 Å². The second-order valence-corrected chi connectivity index (χ2v) is 7.60. The van der Waals surface area contributed by atoms with Gasteiger partial charge in [-0.1, -0.05) is 30.3 Å². The molecule has 4 rings (SSSR count). The number of rotatable bonds is 4. The molecule has 27 heavy (non-hydrogen) atoms. The molecular weight excluding hydrogens is 356 g/mol. The van der Waals surface area contributed by atoms with Gasteiger partial charge in [0, 0.05) is 31.7 Å². The Morgan fingerprint density at radius 1 is 1.04 bits per heavy atom. The third-order valence-electron chi connectivity index (χ3n) is 4.79. The van der Waals surface area contributed by atoms with Crippen LogP contribution in [0.2, 0.25) is 0 Å². The number of hydrogen-bond acceptors (Lipinski definition) is 5. The standard InChI is InChI=1S/C21H22N4OS/c1-24-10-12-25(13-11-24)19-8-7-17(15-22-19)23-21(26)20-18(9-14-27-20)16-5-3-2-4-6-16/h2-9,14-15H,10-13H2,1H3,(H,23,26). The van der Waals surface area contributed by atoms with Crippen molar-refractivity contribution in [3.05, 3.63) is 65.0 Å². The highest BCUT2D eigenvalue weighted by Crippen LogP contribution is 2.29. The number of aromatic nitrogens is 1. The Labute approximate surface area is 163 Å². The number of piperazine rings is 1. The second-order valence-electron chi connectivity index (χ2n) is 6.68. The van der Waals surface area contributed by atoms with Crippen LogP contribution < -0.4 is 10.2 Å². The summed E-state index contributed by atoms with van der Waals surface area (Å²) in [4.78, 5) is 22.6. The first kappa shape index (κ1) is 17.7. The molecule has 138 valence electrons. The minimum absolute atomic E-state index is 0.0991. The SMILES string of the molecule is CN1CCN(c2ccc(NC(=O)c3sccc3-c3ccccc3)cn2)CC1. The number of thiophene rings is 1. The lowest BCUT2D eigenvalue weighted by Gasteiger charge is -2.33. The van der Waals surface area contributed by atoms with Gasteiger partial charge < -0.3 is 15.1 Å². The van der Waals surface area contributed by atoms with Crippen LogP contribution in [0.15, 0.2) is 60.1 Å². The summed E-state index contributed by atoms with van der Waals surface area (Å²) in [6.45, 7) is 4.04. The number of carbonyl (C=O) groups excluding carboxylic acids is 1. The number of carbonyl (C=O) groups is 1. The van der Waals surface area contributed by atoms with E-state index >= 15 is 0 Å². The largest absolute Gasteiger partial charge is 0.354 e. The maximum absolute atomic E-state index is 12.7. The van der Waals surface area contributed by atoms with E-state index in [9.17, 15) is 4.79 Å². The van der Waals surface area contributed by atoms with E-state index in [-0.39, 0.29) is 5.91 Å². The molecule has 0 aliphatic carbocycles. The highest BCUT2D eigenvalue weighted by Gasteiger charge is 2.17. The van der Waals surface area contributed by atoms with E-state index in [2.05, 4.69) is 27.1 Å². The Kier molecular flexibility index (Phi) is 5.18. The Balaban J connectivity index is 1.46. The third kappa shape index (κ3) is 4.02. The number of pyridine rings is 1. The zero-order chi connectivity index (χ0) is 18.6. The first-order valence-electron chi connectivity index (χ1n) is 9.04. The molecule has 0 atom stereocenters. The molecule has 1 saturated heterocycles. The predicted molar refractivity (Wildman–Crippen MR) is 112 cm³/mol. The molecule has 0 spiro atoms. The molecule has 1 N–H and O–H groups in total. The fraction of sp³-hybridized carbons (Fsp3) is 0.238. The van der Waals surface area contributed by atoms with Crippen LogP contribution in [0.5, 0.6) is 0 Å². The highest BCUT2D eigenvalue weighted by molar-refractivity contribution is 7.12. The van der Waals surface area contributed by atoms with Crippen LogP contribution >= 0.6 is 11.3 Å². The van der Waals surface area contributed by atoms with Crippen LogP contribution in [0.4, 0.5) is 11.5 Å². The van der Waals surface area contributed by atoms with Gasteiger partial charge in [-0.25, -0.2) is 4.98 Å². The first-order valence-corrected chi connectivity index (χ1v) is 9.92. The van der Waals surface area contributed by atoms with Crippen LogP contribution in [-0.4, -0.2) is 49.0 Å². The van der Waals surface area contributed by atoms with Crippen molar-refractivity contribution in [2.45, 2.75) is 0 Å². The number of hydrogen-bond donors (Lipinski definition) is 1. The van der Waals surface area contributed by atoms with Crippen molar-refractivity contribution in [2.24, 2.45) is 0 Å². The van der Waals surface area contributed by atoms with Crippen LogP contribution in [0.3, 0.4) is 0 Å². The Hall–Kier alpha value is -2.70. The smallest absolute Gasteiger partial charge is 0.266 e. The summed E-state index contributed by atoms with van der Waals surface area (Å²) in [7, 11) is 2.14. The molecule has 2 aromatic heterocycles. The number of likely N-dealkylation sites (N-methyl/N-ethyl adjacent to an activating group) is 1. The van der Waals surface area contributed by atoms with Crippen molar-refractivity contribution < 1.29 is 4.79 Å². The van der Waals surface area contributed by atoms with E-state index in [1.165, 1.54) is 11.3 Å². The second kappa shape index (κ2) is 7.90. The van der Waals surface area contributed by atoms with Crippen LogP contribution in [0.25, 0.3) is 11.1 Å². The average Bonchev–Trinajstić information content (AvgIpc) is 3.20. The van der Waals surface area contributed by atoms with E-state index in [0.717, 1.165) is 43.1 Å². The maximum Gasteiger partial charge on any atom is 0.266 e. The number of benzene rings is 1. The van der Waals surface area contributed by atoms with Crippen LogP contribution in [-0.2, 0) is 0 Å². The fourth-order valence-electron chi connectivity index (χ4n) is 3.20. The molecule has 3 aromatic rings. The summed E-state index contributed by atoms with van der Waals surface area (Å²) in [5.41, 5.74) is 2.72. The number of nitrogens with one attached hydrogen (secondary N) is 1. The normalized spacial score (nSPS) is 14.9. The van der Waals surface area contributed by atoms with E-state index in [0.29, 0.717) is 10.6 Å². The van der Waals surface area contributed by atoms with Crippen LogP contribution in [0, 0.1) is 0 Å². The van der Waals surface area contributed by atoms with Crippen molar-refractivity contribution in [3.8, 4) is 11.1 Å². The van der Waals surface area contributed by atoms with E-state index < -0.39 is 0 Å². The minimum Gasteiger partial charge on any atom is -0.354 e. The van der Waals surface area contributed by atoms with Crippen molar-refractivity contribution >= 4 is 28.7 Å². The van der Waals surface area contributed by atoms with E-state index in [1.807, 2.05) is 53.9 Å². The summed E-state index contributed by atoms with van der Waals surface area (Å²) in [6.07, 6.45) is 1.74. The Bertz CT molecular complexity index is 899. The lowest BCUT2D eigenvalue weighted by Crippen LogP contribution is -2.44. The molecule has 1 aromatic carbocycles. The van der Waals surface area contributed by atoms with Gasteiger partial charge in [0.1, 0.15) is 5.82 Å². The predicted octanol–water partition coefficient (Wildman–Crippen LogP) is 3.81. The molecule has 1 aliphatic heterocycles. The van der Waals surface area contributed by atoms with Gasteiger partial charge in [0.25, 0.3) is 5.91 Å². The topological polar surface area (TPSA) is 48.5 Å². The fourth-order valence-corrected chi connectivity index (χ4v) is 4.01. The quantitative estimate of drug-likeness (QED) is 0.750. The van der Waals surface area contributed by atoms with Gasteiger partial charge >= 0.3 is 0 Å². The van der Waals surface area contributed by atoms with Gasteiger partial charge in [-0.05, 0) is 36.2 Å². The minimum atomic E-state index is -0.0991. The maximum atomic E-state index is 12.7. The van der Waals surface area contributed by atoms with Gasteiger partial charge in [-0.15, -0.1) is 11.3 Å². The van der Waals surface area contributed by atoms with E-state index in [1.54, 1.807) is 6.20 Å². The molecule has 6 heteroatoms. The van der Waals surface area contributed by atoms with E-state index in [4.69, 9.17) is 0 Å². The lowest BCUT2D eigenvalue weighted by atomic mass is 10.1. The number of anilines is 2. The summed E-state index contributed by atoms with van der Waals surface area (Å²) in [6, 6.07) is 15.9. The highest BCUT2D eigenvalue weighted by atomic mass is 32.1. The molecule has 5 nitrogen and oxygen atoms in total. The Morgan fingerprint density at radius 2 is 1.81 bits per heavy atom. The zero-order valence-electron chi connectivity index (χ0n) is 15.3. The molecular formula is C21H22N4OS. The van der Waals surface area contributed by atoms with Gasteiger partial charge in [0.2, 0.25) is 0 Å². The van der Waals surface area contributed by atoms with Crippen molar-refractivity contribution in [3.63, 3.8) is 0 Å². The van der Waals surface area contributed by atoms with Gasteiger partial charge in [0.05, 0.1) is 16.8 Å². The molecule has 1 fully saturated rings. The lowest BCUT2D eigenvalue weighted by molar-refractivity contribution is 0.103. The molecule has 3 heterocycles. The molecule has 1 amide bonds. The first-order chi connectivity index (χ1) is 13.2.